The van der Waals surface area contributed by atoms with E-state index < -0.39 is 17.5 Å². The van der Waals surface area contributed by atoms with Crippen LogP contribution in [0.2, 0.25) is 0 Å². The third kappa shape index (κ3) is 2.22. The summed E-state index contributed by atoms with van der Waals surface area (Å²) in [7, 11) is 0. The van der Waals surface area contributed by atoms with E-state index >= 15 is 0 Å². The van der Waals surface area contributed by atoms with E-state index in [1.54, 1.807) is 0 Å². The number of aldehydes is 1. The smallest absolute Gasteiger partial charge is 0.151 e. The zero-order chi connectivity index (χ0) is 12.4. The Hall–Kier alpha value is -2.04. The fourth-order valence-electron chi connectivity index (χ4n) is 1.65. The summed E-state index contributed by atoms with van der Waals surface area (Å²) in [6, 6.07) is 1.22. The average molecular weight is 239 g/mol. The molecule has 0 spiro atoms. The van der Waals surface area contributed by atoms with Gasteiger partial charge in [0.15, 0.2) is 6.29 Å². The Balaban J connectivity index is 2.51. The summed E-state index contributed by atoms with van der Waals surface area (Å²) in [6.07, 6.45) is 3.37. The lowest BCUT2D eigenvalue weighted by Crippen LogP contribution is -2.16. The predicted molar refractivity (Wildman–Crippen MR) is 56.4 cm³/mol. The minimum absolute atomic E-state index is 0.177. The summed E-state index contributed by atoms with van der Waals surface area (Å²) in [4.78, 5) is 10.6. The first kappa shape index (κ1) is 11.4. The molecule has 0 saturated carbocycles. The minimum Gasteiger partial charge on any atom is -0.386 e. The van der Waals surface area contributed by atoms with Crippen molar-refractivity contribution in [3.8, 4) is 0 Å². The van der Waals surface area contributed by atoms with Gasteiger partial charge < -0.3 is 5.32 Å². The molecule has 2 nitrogen and oxygen atoms in total. The van der Waals surface area contributed by atoms with E-state index in [2.05, 4.69) is 5.32 Å². The van der Waals surface area contributed by atoms with Crippen LogP contribution in [0.5, 0.6) is 0 Å². The van der Waals surface area contributed by atoms with Crippen LogP contribution >= 0.6 is 0 Å². The summed E-state index contributed by atoms with van der Waals surface area (Å²) in [5, 5.41) is 2.71. The molecule has 17 heavy (non-hydrogen) atoms. The summed E-state index contributed by atoms with van der Waals surface area (Å²) in [5.41, 5.74) is 0.227. The van der Waals surface area contributed by atoms with Crippen molar-refractivity contribution >= 4 is 11.9 Å². The second kappa shape index (κ2) is 4.45. The van der Waals surface area contributed by atoms with Gasteiger partial charge in [-0.3, -0.25) is 4.79 Å². The van der Waals surface area contributed by atoms with Crippen molar-refractivity contribution in [3.05, 3.63) is 53.0 Å². The standard InChI is InChI=1S/C12H8F3NO/c13-9-2-10(14)12(11(15)3-9)8-1-7(6-17)4-16-5-8/h1-4,6,16H,5H2. The third-order valence-corrected chi connectivity index (χ3v) is 2.37. The van der Waals surface area contributed by atoms with Crippen molar-refractivity contribution in [1.29, 1.82) is 0 Å². The SMILES string of the molecule is O=CC1=CNCC(c2c(F)cc(F)cc2F)=C1. The molecule has 1 aromatic rings. The maximum absolute atomic E-state index is 13.5. The average Bonchev–Trinajstić information content (AvgIpc) is 2.28. The number of halogens is 3. The number of allylic oxidation sites excluding steroid dienone is 2. The van der Waals surface area contributed by atoms with E-state index in [1.807, 2.05) is 0 Å². The predicted octanol–water partition coefficient (Wildman–Crippen LogP) is 2.17. The van der Waals surface area contributed by atoms with E-state index in [-0.39, 0.29) is 23.3 Å². The molecule has 1 N–H and O–H groups in total. The van der Waals surface area contributed by atoms with Gasteiger partial charge in [0.1, 0.15) is 17.5 Å². The van der Waals surface area contributed by atoms with Crippen LogP contribution < -0.4 is 5.32 Å². The van der Waals surface area contributed by atoms with Gasteiger partial charge in [-0.1, -0.05) is 0 Å². The quantitative estimate of drug-likeness (QED) is 0.801. The summed E-state index contributed by atoms with van der Waals surface area (Å²) >= 11 is 0. The molecule has 1 aliphatic rings. The highest BCUT2D eigenvalue weighted by Crippen LogP contribution is 2.25. The molecule has 0 saturated heterocycles. The van der Waals surface area contributed by atoms with E-state index in [0.717, 1.165) is 0 Å². The normalized spacial score (nSPS) is 14.8. The van der Waals surface area contributed by atoms with Gasteiger partial charge in [0.25, 0.3) is 0 Å². The van der Waals surface area contributed by atoms with Crippen molar-refractivity contribution in [2.75, 3.05) is 6.54 Å². The van der Waals surface area contributed by atoms with Crippen molar-refractivity contribution in [3.63, 3.8) is 0 Å². The molecule has 2 rings (SSSR count). The summed E-state index contributed by atoms with van der Waals surface area (Å²) < 4.78 is 39.7. The molecule has 0 aromatic heterocycles. The zero-order valence-electron chi connectivity index (χ0n) is 8.64. The van der Waals surface area contributed by atoms with Crippen LogP contribution in [0.1, 0.15) is 5.56 Å². The van der Waals surface area contributed by atoms with Gasteiger partial charge in [-0.2, -0.15) is 0 Å². The Morgan fingerprint density at radius 1 is 1.18 bits per heavy atom. The molecule has 0 bridgehead atoms. The molecule has 0 aliphatic carbocycles. The van der Waals surface area contributed by atoms with Gasteiger partial charge in [-0.05, 0) is 11.6 Å². The van der Waals surface area contributed by atoms with Crippen molar-refractivity contribution in [1.82, 2.24) is 5.32 Å². The number of rotatable bonds is 2. The maximum atomic E-state index is 13.5. The molecule has 0 radical (unpaired) electrons. The van der Waals surface area contributed by atoms with E-state index in [0.29, 0.717) is 18.4 Å². The number of hydrogen-bond acceptors (Lipinski definition) is 2. The Morgan fingerprint density at radius 2 is 1.82 bits per heavy atom. The lowest BCUT2D eigenvalue weighted by atomic mass is 10.0. The lowest BCUT2D eigenvalue weighted by molar-refractivity contribution is -0.104. The van der Waals surface area contributed by atoms with Crippen molar-refractivity contribution < 1.29 is 18.0 Å². The largest absolute Gasteiger partial charge is 0.386 e. The minimum atomic E-state index is -0.984. The molecular weight excluding hydrogens is 231 g/mol. The first-order valence-corrected chi connectivity index (χ1v) is 4.86. The molecule has 5 heteroatoms. The molecular formula is C12H8F3NO. The van der Waals surface area contributed by atoms with E-state index in [9.17, 15) is 18.0 Å². The maximum Gasteiger partial charge on any atom is 0.151 e. The number of carbonyl (C=O) groups is 1. The number of carbonyl (C=O) groups excluding carboxylic acids is 1. The zero-order valence-corrected chi connectivity index (χ0v) is 8.64. The van der Waals surface area contributed by atoms with Gasteiger partial charge in [0.2, 0.25) is 0 Å². The lowest BCUT2D eigenvalue weighted by Gasteiger charge is -2.14. The molecule has 88 valence electrons. The first-order chi connectivity index (χ1) is 8.11. The van der Waals surface area contributed by atoms with Gasteiger partial charge in [0.05, 0.1) is 5.56 Å². The van der Waals surface area contributed by atoms with Crippen molar-refractivity contribution in [2.24, 2.45) is 0 Å². The van der Waals surface area contributed by atoms with Crippen LogP contribution in [-0.4, -0.2) is 12.8 Å². The fraction of sp³-hybridized carbons (Fsp3) is 0.0833. The second-order valence-electron chi connectivity index (χ2n) is 3.56. The van der Waals surface area contributed by atoms with E-state index in [4.69, 9.17) is 0 Å². The Bertz CT molecular complexity index is 512. The number of dihydropyridines is 1. The summed E-state index contributed by atoms with van der Waals surface area (Å²) in [5.74, 6) is -2.94. The van der Waals surface area contributed by atoms with Gasteiger partial charge in [-0.15, -0.1) is 0 Å². The molecule has 0 amide bonds. The monoisotopic (exact) mass is 239 g/mol. The highest BCUT2D eigenvalue weighted by molar-refractivity contribution is 5.85. The van der Waals surface area contributed by atoms with Crippen LogP contribution in [-0.2, 0) is 4.79 Å². The van der Waals surface area contributed by atoms with Crippen LogP contribution in [0.4, 0.5) is 13.2 Å². The number of hydrogen-bond donors (Lipinski definition) is 1. The van der Waals surface area contributed by atoms with Crippen molar-refractivity contribution in [2.45, 2.75) is 0 Å². The fourth-order valence-corrected chi connectivity index (χ4v) is 1.65. The summed E-state index contributed by atoms with van der Waals surface area (Å²) in [6.45, 7) is 0.177. The molecule has 0 atom stereocenters. The molecule has 1 aliphatic heterocycles. The van der Waals surface area contributed by atoms with Crippen LogP contribution in [0.25, 0.3) is 5.57 Å². The highest BCUT2D eigenvalue weighted by atomic mass is 19.1. The molecule has 1 heterocycles. The van der Waals surface area contributed by atoms with Gasteiger partial charge in [0, 0.05) is 30.5 Å². The van der Waals surface area contributed by atoms with Crippen LogP contribution in [0.3, 0.4) is 0 Å². The van der Waals surface area contributed by atoms with Gasteiger partial charge in [-0.25, -0.2) is 13.2 Å². The Morgan fingerprint density at radius 3 is 2.41 bits per heavy atom. The molecule has 0 unspecified atom stereocenters. The Labute approximate surface area is 95.4 Å². The highest BCUT2D eigenvalue weighted by Gasteiger charge is 2.17. The molecule has 0 fully saturated rings. The first-order valence-electron chi connectivity index (χ1n) is 4.86. The van der Waals surface area contributed by atoms with Crippen LogP contribution in [0.15, 0.2) is 30.0 Å². The molecule has 1 aromatic carbocycles. The second-order valence-corrected chi connectivity index (χ2v) is 3.56. The van der Waals surface area contributed by atoms with Gasteiger partial charge >= 0.3 is 0 Å². The van der Waals surface area contributed by atoms with Crippen LogP contribution in [0, 0.1) is 17.5 Å². The van der Waals surface area contributed by atoms with E-state index in [1.165, 1.54) is 12.3 Å². The topological polar surface area (TPSA) is 29.1 Å². The number of nitrogens with one attached hydrogen (secondary N) is 1. The third-order valence-electron chi connectivity index (χ3n) is 2.37. The Kier molecular flexibility index (Phi) is 2.99. The number of benzene rings is 1.